The molecule has 0 radical (unpaired) electrons. The van der Waals surface area contributed by atoms with Gasteiger partial charge in [0.15, 0.2) is 0 Å². The summed E-state index contributed by atoms with van der Waals surface area (Å²) in [7, 11) is -3.23. The molecule has 1 N–H and O–H groups in total. The summed E-state index contributed by atoms with van der Waals surface area (Å²) in [5, 5.41) is 2.84. The maximum atomic E-state index is 13.1. The third kappa shape index (κ3) is 4.53. The summed E-state index contributed by atoms with van der Waals surface area (Å²) in [6.45, 7) is 12.0. The Labute approximate surface area is 146 Å². The van der Waals surface area contributed by atoms with Crippen LogP contribution in [0.3, 0.4) is 0 Å². The molecular formula is C14H28HgNO5P. The summed E-state index contributed by atoms with van der Waals surface area (Å²) in [5.41, 5.74) is -0.185. The third-order valence-electron chi connectivity index (χ3n) is 4.51. The van der Waals surface area contributed by atoms with Crippen molar-refractivity contribution in [1.82, 2.24) is 5.32 Å². The molecule has 0 amide bonds. The summed E-state index contributed by atoms with van der Waals surface area (Å²) in [6.07, 6.45) is 1.59. The molecule has 22 heavy (non-hydrogen) atoms. The molecule has 1 heterocycles. The van der Waals surface area contributed by atoms with Crippen molar-refractivity contribution in [3.63, 3.8) is 0 Å². The van der Waals surface area contributed by atoms with Crippen molar-refractivity contribution < 1.29 is 46.1 Å². The van der Waals surface area contributed by atoms with Crippen LogP contribution in [0.15, 0.2) is 0 Å². The van der Waals surface area contributed by atoms with E-state index in [-0.39, 0.29) is 11.5 Å². The van der Waals surface area contributed by atoms with E-state index >= 15 is 0 Å². The molecule has 1 aliphatic rings. The first kappa shape index (κ1) is 20.6. The van der Waals surface area contributed by atoms with Crippen LogP contribution in [-0.2, 0) is 46.1 Å². The fraction of sp³-hybridized carbons (Fsp3) is 0.929. The Hall–Kier alpha value is 0.515. The van der Waals surface area contributed by atoms with Crippen LogP contribution in [0.2, 0.25) is 3.43 Å². The Kier molecular flexibility index (Phi) is 7.53. The van der Waals surface area contributed by atoms with Crippen LogP contribution in [0, 0.1) is 0 Å². The van der Waals surface area contributed by atoms with E-state index in [1.54, 1.807) is 0 Å². The minimum absolute atomic E-state index is 0.185. The molecule has 0 spiro atoms. The molecule has 6 nitrogen and oxygen atoms in total. The number of hydrogen-bond acceptors (Lipinski definition) is 6. The fourth-order valence-corrected chi connectivity index (χ4v) is 9.51. The Balaban J connectivity index is 2.88. The topological polar surface area (TPSA) is 73.9 Å². The van der Waals surface area contributed by atoms with Gasteiger partial charge in [0.2, 0.25) is 0 Å². The van der Waals surface area contributed by atoms with Crippen LogP contribution < -0.4 is 5.32 Å². The van der Waals surface area contributed by atoms with E-state index in [1.807, 2.05) is 20.8 Å². The van der Waals surface area contributed by atoms with Gasteiger partial charge in [-0.05, 0) is 0 Å². The Bertz CT molecular complexity index is 439. The average Bonchev–Trinajstić information content (AvgIpc) is 2.75. The molecule has 1 saturated heterocycles. The Morgan fingerprint density at radius 3 is 2.27 bits per heavy atom. The summed E-state index contributed by atoms with van der Waals surface area (Å²) in [4.78, 5) is 11.1. The van der Waals surface area contributed by atoms with Gasteiger partial charge in [0.05, 0.1) is 0 Å². The van der Waals surface area contributed by atoms with Crippen LogP contribution in [-0.4, -0.2) is 30.0 Å². The second-order valence-electron chi connectivity index (χ2n) is 6.35. The normalized spacial score (nSPS) is 29.9. The molecule has 0 aromatic rings. The van der Waals surface area contributed by atoms with Gasteiger partial charge in [-0.1, -0.05) is 0 Å². The van der Waals surface area contributed by atoms with Gasteiger partial charge in [-0.3, -0.25) is 0 Å². The summed E-state index contributed by atoms with van der Waals surface area (Å²) in [6, 6.07) is 0. The van der Waals surface area contributed by atoms with Gasteiger partial charge < -0.3 is 0 Å². The monoisotopic (exact) mass is 523 g/mol. The molecule has 8 heteroatoms. The van der Waals surface area contributed by atoms with Gasteiger partial charge in [0.1, 0.15) is 0 Å². The zero-order valence-electron chi connectivity index (χ0n) is 14.6. The molecule has 1 rings (SSSR count). The number of hydrogen-bond donors (Lipinski definition) is 1. The van der Waals surface area contributed by atoms with Crippen molar-refractivity contribution in [3.8, 4) is 0 Å². The average molecular weight is 522 g/mol. The van der Waals surface area contributed by atoms with E-state index in [0.717, 1.165) is 12.8 Å². The zero-order valence-corrected chi connectivity index (χ0v) is 21.0. The van der Waals surface area contributed by atoms with E-state index < -0.39 is 37.9 Å². The SMILES string of the molecule is CCOP(=O)(OCC)C1(C)CCC(C)([CH](C)[Hg][O]C(C)=O)N1. The molecule has 1 aliphatic heterocycles. The first-order chi connectivity index (χ1) is 10.1. The second kappa shape index (κ2) is 8.06. The van der Waals surface area contributed by atoms with Gasteiger partial charge in [-0.25, -0.2) is 0 Å². The first-order valence-corrected chi connectivity index (χ1v) is 14.9. The van der Waals surface area contributed by atoms with E-state index in [2.05, 4.69) is 19.2 Å². The molecule has 0 aliphatic carbocycles. The number of carbonyl (C=O) groups is 1. The standard InChI is InChI=1S/C12H25NO3P.C2H4O2.Hg/c1-6-11(4)9-10-12(5,13-11)17(14,15-7-2)16-8-3;1-2(3)4;/h6,13H,7-10H2,1-5H3;1H3,(H,3,4);/q;;+1/p-1. The molecule has 0 aromatic carbocycles. The van der Waals surface area contributed by atoms with E-state index in [9.17, 15) is 9.36 Å². The van der Waals surface area contributed by atoms with Crippen molar-refractivity contribution in [1.29, 1.82) is 0 Å². The van der Waals surface area contributed by atoms with Crippen LogP contribution in [0.25, 0.3) is 0 Å². The molecule has 1 fully saturated rings. The number of rotatable bonds is 8. The van der Waals surface area contributed by atoms with E-state index in [0.29, 0.717) is 16.6 Å². The zero-order chi connectivity index (χ0) is 17.0. The third-order valence-corrected chi connectivity index (χ3v) is 14.9. The van der Waals surface area contributed by atoms with Gasteiger partial charge in [0, 0.05) is 0 Å². The predicted molar refractivity (Wildman–Crippen MR) is 81.2 cm³/mol. The fourth-order valence-electron chi connectivity index (χ4n) is 2.91. The molecule has 0 aromatic heterocycles. The van der Waals surface area contributed by atoms with Crippen molar-refractivity contribution in [2.45, 2.75) is 68.6 Å². The molecular weight excluding hydrogens is 494 g/mol. The number of carbonyl (C=O) groups excluding carboxylic acids is 1. The van der Waals surface area contributed by atoms with Crippen molar-refractivity contribution in [3.05, 3.63) is 0 Å². The Morgan fingerprint density at radius 1 is 1.27 bits per heavy atom. The van der Waals surface area contributed by atoms with Gasteiger partial charge in [-0.15, -0.1) is 0 Å². The van der Waals surface area contributed by atoms with Gasteiger partial charge in [0.25, 0.3) is 0 Å². The minimum atomic E-state index is -3.23. The molecule has 126 valence electrons. The quantitative estimate of drug-likeness (QED) is 0.389. The summed E-state index contributed by atoms with van der Waals surface area (Å²) >= 11 is -1.80. The summed E-state index contributed by atoms with van der Waals surface area (Å²) in [5.74, 6) is -0.188. The number of nitrogens with one attached hydrogen (secondary N) is 1. The maximum absolute atomic E-state index is 13.1. The van der Waals surface area contributed by atoms with Crippen LogP contribution in [0.1, 0.15) is 54.4 Å². The molecule has 3 atom stereocenters. The van der Waals surface area contributed by atoms with Crippen molar-refractivity contribution in [2.24, 2.45) is 0 Å². The first-order valence-electron chi connectivity index (χ1n) is 7.94. The summed E-state index contributed by atoms with van der Waals surface area (Å²) < 4.78 is 29.9. The molecule has 3 unspecified atom stereocenters. The van der Waals surface area contributed by atoms with E-state index in [4.69, 9.17) is 11.7 Å². The van der Waals surface area contributed by atoms with E-state index in [1.165, 1.54) is 6.92 Å². The van der Waals surface area contributed by atoms with Crippen LogP contribution >= 0.6 is 7.60 Å². The Morgan fingerprint density at radius 2 is 1.82 bits per heavy atom. The van der Waals surface area contributed by atoms with Gasteiger partial charge in [-0.2, -0.15) is 0 Å². The second-order valence-corrected chi connectivity index (χ2v) is 16.0. The molecule has 0 saturated carbocycles. The molecule has 0 bridgehead atoms. The van der Waals surface area contributed by atoms with Gasteiger partial charge >= 0.3 is 147 Å². The predicted octanol–water partition coefficient (Wildman–Crippen LogP) is 3.48. The van der Waals surface area contributed by atoms with Crippen LogP contribution in [0.4, 0.5) is 0 Å². The van der Waals surface area contributed by atoms with Crippen molar-refractivity contribution >= 4 is 13.6 Å². The van der Waals surface area contributed by atoms with Crippen LogP contribution in [0.5, 0.6) is 0 Å². The van der Waals surface area contributed by atoms with Crippen molar-refractivity contribution in [2.75, 3.05) is 13.2 Å².